The van der Waals surface area contributed by atoms with E-state index in [2.05, 4.69) is 54.3 Å². The van der Waals surface area contributed by atoms with Gasteiger partial charge in [-0.2, -0.15) is 0 Å². The first-order chi connectivity index (χ1) is 9.86. The molecular weight excluding hydrogens is 246 g/mol. The van der Waals surface area contributed by atoms with Crippen LogP contribution in [-0.4, -0.2) is 17.5 Å². The fourth-order valence-electron chi connectivity index (χ4n) is 2.94. The van der Waals surface area contributed by atoms with Crippen LogP contribution in [0.2, 0.25) is 0 Å². The van der Waals surface area contributed by atoms with Crippen LogP contribution in [0.25, 0.3) is 5.57 Å². The summed E-state index contributed by atoms with van der Waals surface area (Å²) in [5.74, 6) is 0. The van der Waals surface area contributed by atoms with Gasteiger partial charge in [-0.1, -0.05) is 43.3 Å². The number of hydrogen-bond donors (Lipinski definition) is 0. The van der Waals surface area contributed by atoms with Gasteiger partial charge in [0.25, 0.3) is 0 Å². The minimum absolute atomic E-state index is 0.616. The average Bonchev–Trinajstić information content (AvgIpc) is 3.03. The molecule has 1 aliphatic heterocycles. The maximum atomic E-state index is 5.20. The van der Waals surface area contributed by atoms with E-state index in [0.29, 0.717) is 6.04 Å². The fraction of sp³-hybridized carbons (Fsp3) is 0.333. The van der Waals surface area contributed by atoms with Crippen molar-refractivity contribution in [2.45, 2.75) is 32.4 Å². The summed E-state index contributed by atoms with van der Waals surface area (Å²) in [4.78, 5) is 2.57. The van der Waals surface area contributed by atoms with Crippen LogP contribution in [0.4, 0.5) is 0 Å². The van der Waals surface area contributed by atoms with Crippen molar-refractivity contribution in [2.24, 2.45) is 0 Å². The van der Waals surface area contributed by atoms with E-state index in [-0.39, 0.29) is 0 Å². The van der Waals surface area contributed by atoms with Crippen LogP contribution in [0.15, 0.2) is 59.4 Å². The molecule has 104 valence electrons. The summed E-state index contributed by atoms with van der Waals surface area (Å²) in [6, 6.07) is 13.4. The van der Waals surface area contributed by atoms with Crippen LogP contribution in [0.3, 0.4) is 0 Å². The van der Waals surface area contributed by atoms with Crippen molar-refractivity contribution < 1.29 is 4.42 Å². The molecule has 1 aromatic carbocycles. The van der Waals surface area contributed by atoms with Crippen molar-refractivity contribution in [2.75, 3.05) is 6.54 Å². The zero-order chi connectivity index (χ0) is 13.8. The Balaban J connectivity index is 1.74. The maximum Gasteiger partial charge on any atom is 0.0977 e. The highest BCUT2D eigenvalue weighted by Crippen LogP contribution is 2.29. The van der Waals surface area contributed by atoms with Gasteiger partial charge in [0.15, 0.2) is 0 Å². The largest absolute Gasteiger partial charge is 0.472 e. The molecule has 1 aliphatic rings. The van der Waals surface area contributed by atoms with Crippen LogP contribution in [0.1, 0.15) is 30.9 Å². The van der Waals surface area contributed by atoms with Gasteiger partial charge in [0, 0.05) is 24.7 Å². The first-order valence-electron chi connectivity index (χ1n) is 7.36. The summed E-state index contributed by atoms with van der Waals surface area (Å²) >= 11 is 0. The van der Waals surface area contributed by atoms with Gasteiger partial charge in [-0.05, 0) is 30.0 Å². The third kappa shape index (κ3) is 2.86. The molecule has 2 heteroatoms. The summed E-state index contributed by atoms with van der Waals surface area (Å²) < 4.78 is 5.20. The molecular formula is C18H21NO. The number of nitrogens with zero attached hydrogens (tertiary/aromatic N) is 1. The third-order valence-corrected chi connectivity index (χ3v) is 4.14. The molecule has 0 radical (unpaired) electrons. The smallest absolute Gasteiger partial charge is 0.0977 e. The minimum Gasteiger partial charge on any atom is -0.472 e. The summed E-state index contributed by atoms with van der Waals surface area (Å²) in [7, 11) is 0. The van der Waals surface area contributed by atoms with Crippen LogP contribution in [0.5, 0.6) is 0 Å². The molecule has 0 bridgehead atoms. The van der Waals surface area contributed by atoms with E-state index in [9.17, 15) is 0 Å². The molecule has 1 atom stereocenters. The highest BCUT2D eigenvalue weighted by Gasteiger charge is 2.22. The molecule has 2 nitrogen and oxygen atoms in total. The van der Waals surface area contributed by atoms with E-state index in [1.54, 1.807) is 6.26 Å². The highest BCUT2D eigenvalue weighted by molar-refractivity contribution is 5.66. The third-order valence-electron chi connectivity index (χ3n) is 4.14. The Morgan fingerprint density at radius 2 is 2.05 bits per heavy atom. The molecule has 0 amide bonds. The lowest BCUT2D eigenvalue weighted by molar-refractivity contribution is 0.198. The Labute approximate surface area is 120 Å². The normalized spacial score (nSPS) is 19.9. The Kier molecular flexibility index (Phi) is 4.03. The average molecular weight is 267 g/mol. The van der Waals surface area contributed by atoms with E-state index < -0.39 is 0 Å². The Morgan fingerprint density at radius 1 is 1.20 bits per heavy atom. The minimum atomic E-state index is 0.616. The van der Waals surface area contributed by atoms with Gasteiger partial charge >= 0.3 is 0 Å². The summed E-state index contributed by atoms with van der Waals surface area (Å²) in [5, 5.41) is 0. The van der Waals surface area contributed by atoms with E-state index in [1.807, 2.05) is 6.26 Å². The monoisotopic (exact) mass is 267 g/mol. The quantitative estimate of drug-likeness (QED) is 0.819. The predicted molar refractivity (Wildman–Crippen MR) is 82.2 cm³/mol. The van der Waals surface area contributed by atoms with Gasteiger partial charge in [0.05, 0.1) is 12.5 Å². The lowest BCUT2D eigenvalue weighted by Crippen LogP contribution is -2.37. The van der Waals surface area contributed by atoms with Crippen LogP contribution in [0, 0.1) is 0 Å². The first-order valence-corrected chi connectivity index (χ1v) is 7.36. The lowest BCUT2D eigenvalue weighted by atomic mass is 9.94. The molecule has 1 aromatic heterocycles. The molecule has 3 rings (SSSR count). The first kappa shape index (κ1) is 13.2. The van der Waals surface area contributed by atoms with Crippen LogP contribution < -0.4 is 0 Å². The summed E-state index contributed by atoms with van der Waals surface area (Å²) in [6.45, 7) is 4.34. The lowest BCUT2D eigenvalue weighted by Gasteiger charge is -2.34. The highest BCUT2D eigenvalue weighted by atomic mass is 16.3. The Bertz CT molecular complexity index is 556. The van der Waals surface area contributed by atoms with E-state index in [0.717, 1.165) is 19.5 Å². The number of hydrogen-bond acceptors (Lipinski definition) is 2. The number of furan rings is 1. The Morgan fingerprint density at radius 3 is 2.75 bits per heavy atom. The molecule has 2 aromatic rings. The topological polar surface area (TPSA) is 16.4 Å². The van der Waals surface area contributed by atoms with Gasteiger partial charge in [-0.15, -0.1) is 0 Å². The molecule has 0 spiro atoms. The summed E-state index contributed by atoms with van der Waals surface area (Å²) in [6.07, 6.45) is 8.25. The standard InChI is InChI=1S/C18H21NO/c1-2-18-12-16(17-9-11-20-14-17)8-10-19(18)13-15-6-4-3-5-7-15/h3-9,11,14,18H,2,10,12-13H2,1H3. The van der Waals surface area contributed by atoms with Crippen molar-refractivity contribution in [1.29, 1.82) is 0 Å². The second kappa shape index (κ2) is 6.10. The summed E-state index contributed by atoms with van der Waals surface area (Å²) in [5.41, 5.74) is 4.06. The molecule has 0 fully saturated rings. The van der Waals surface area contributed by atoms with Crippen molar-refractivity contribution in [3.63, 3.8) is 0 Å². The van der Waals surface area contributed by atoms with Gasteiger partial charge in [0.2, 0.25) is 0 Å². The fourth-order valence-corrected chi connectivity index (χ4v) is 2.94. The second-order valence-corrected chi connectivity index (χ2v) is 5.42. The van der Waals surface area contributed by atoms with Crippen molar-refractivity contribution >= 4 is 5.57 Å². The zero-order valence-electron chi connectivity index (χ0n) is 12.0. The molecule has 0 N–H and O–H groups in total. The molecule has 20 heavy (non-hydrogen) atoms. The van der Waals surface area contributed by atoms with Gasteiger partial charge in [-0.3, -0.25) is 4.90 Å². The van der Waals surface area contributed by atoms with Gasteiger partial charge < -0.3 is 4.42 Å². The molecule has 0 saturated heterocycles. The van der Waals surface area contributed by atoms with Crippen LogP contribution >= 0.6 is 0 Å². The Hall–Kier alpha value is -1.80. The SMILES string of the molecule is CCC1CC(c2ccoc2)=CCN1Cc1ccccc1. The van der Waals surface area contributed by atoms with Crippen molar-refractivity contribution in [1.82, 2.24) is 4.90 Å². The van der Waals surface area contributed by atoms with Crippen molar-refractivity contribution in [3.8, 4) is 0 Å². The van der Waals surface area contributed by atoms with E-state index in [4.69, 9.17) is 4.42 Å². The van der Waals surface area contributed by atoms with E-state index >= 15 is 0 Å². The second-order valence-electron chi connectivity index (χ2n) is 5.42. The number of benzene rings is 1. The molecule has 1 unspecified atom stereocenters. The van der Waals surface area contributed by atoms with Crippen LogP contribution in [-0.2, 0) is 6.54 Å². The van der Waals surface area contributed by atoms with Gasteiger partial charge in [-0.25, -0.2) is 0 Å². The van der Waals surface area contributed by atoms with E-state index in [1.165, 1.54) is 23.1 Å². The zero-order valence-corrected chi connectivity index (χ0v) is 12.0. The molecule has 0 aliphatic carbocycles. The predicted octanol–water partition coefficient (Wildman–Crippen LogP) is 4.35. The number of rotatable bonds is 4. The maximum absolute atomic E-state index is 5.20. The van der Waals surface area contributed by atoms with Gasteiger partial charge in [0.1, 0.15) is 0 Å². The molecule has 0 saturated carbocycles. The van der Waals surface area contributed by atoms with Crippen molar-refractivity contribution in [3.05, 3.63) is 66.1 Å². The molecule has 2 heterocycles.